The first-order chi connectivity index (χ1) is 8.08. The van der Waals surface area contributed by atoms with Crippen LogP contribution in [0.25, 0.3) is 0 Å². The van der Waals surface area contributed by atoms with Crippen molar-refractivity contribution in [3.8, 4) is 5.88 Å². The van der Waals surface area contributed by atoms with Crippen molar-refractivity contribution in [2.45, 2.75) is 26.4 Å². The Balaban J connectivity index is 2.33. The second-order valence-corrected chi connectivity index (χ2v) is 4.10. The van der Waals surface area contributed by atoms with Crippen LogP contribution in [0.2, 0.25) is 0 Å². The summed E-state index contributed by atoms with van der Waals surface area (Å²) in [6, 6.07) is 1.80. The molecule has 1 aromatic rings. The largest absolute Gasteiger partial charge is 0.478 e. The molecule has 5 nitrogen and oxygen atoms in total. The molecular formula is C12H14N2O3. The second kappa shape index (κ2) is 4.45. The van der Waals surface area contributed by atoms with Crippen molar-refractivity contribution < 1.29 is 14.6 Å². The number of anilines is 1. The van der Waals surface area contributed by atoms with Gasteiger partial charge in [-0.15, -0.1) is 0 Å². The fourth-order valence-electron chi connectivity index (χ4n) is 1.65. The lowest BCUT2D eigenvalue weighted by Gasteiger charge is -2.19. The summed E-state index contributed by atoms with van der Waals surface area (Å²) in [7, 11) is 0. The van der Waals surface area contributed by atoms with Gasteiger partial charge in [-0.25, -0.2) is 9.78 Å². The Kier molecular flexibility index (Phi) is 2.99. The number of fused-ring (bicyclic) bond motifs is 1. The molecule has 0 radical (unpaired) electrons. The lowest BCUT2D eigenvalue weighted by atomic mass is 10.0. The first-order valence-corrected chi connectivity index (χ1v) is 5.41. The summed E-state index contributed by atoms with van der Waals surface area (Å²) < 4.78 is 5.57. The minimum Gasteiger partial charge on any atom is -0.478 e. The molecule has 5 heteroatoms. The third-order valence-electron chi connectivity index (χ3n) is 2.41. The van der Waals surface area contributed by atoms with E-state index >= 15 is 0 Å². The topological polar surface area (TPSA) is 71.5 Å². The van der Waals surface area contributed by atoms with Gasteiger partial charge in [0.15, 0.2) is 0 Å². The molecule has 0 atom stereocenters. The number of carboxylic acid groups (broad SMARTS) is 1. The molecule has 17 heavy (non-hydrogen) atoms. The van der Waals surface area contributed by atoms with Crippen LogP contribution in [0.15, 0.2) is 24.0 Å². The average molecular weight is 234 g/mol. The zero-order chi connectivity index (χ0) is 12.4. The highest BCUT2D eigenvalue weighted by Gasteiger charge is 2.20. The van der Waals surface area contributed by atoms with Gasteiger partial charge in [0.05, 0.1) is 11.7 Å². The van der Waals surface area contributed by atoms with Gasteiger partial charge in [0.1, 0.15) is 0 Å². The van der Waals surface area contributed by atoms with E-state index in [1.807, 2.05) is 13.8 Å². The summed E-state index contributed by atoms with van der Waals surface area (Å²) in [4.78, 5) is 15.1. The minimum absolute atomic E-state index is 0.00758. The smallest absolute Gasteiger partial charge is 0.333 e. The van der Waals surface area contributed by atoms with E-state index in [1.54, 1.807) is 12.3 Å². The monoisotopic (exact) mass is 234 g/mol. The van der Waals surface area contributed by atoms with Crippen LogP contribution in [0.3, 0.4) is 0 Å². The van der Waals surface area contributed by atoms with Gasteiger partial charge in [0, 0.05) is 30.1 Å². The summed E-state index contributed by atoms with van der Waals surface area (Å²) in [5.74, 6) is -0.431. The molecule has 0 unspecified atom stereocenters. The highest BCUT2D eigenvalue weighted by atomic mass is 16.5. The molecule has 0 spiro atoms. The highest BCUT2D eigenvalue weighted by molar-refractivity contribution is 5.89. The molecule has 1 aliphatic rings. The van der Waals surface area contributed by atoms with Crippen molar-refractivity contribution in [3.63, 3.8) is 0 Å². The number of nitrogens with one attached hydrogen (secondary N) is 1. The van der Waals surface area contributed by atoms with Gasteiger partial charge in [-0.05, 0) is 19.9 Å². The van der Waals surface area contributed by atoms with E-state index in [-0.39, 0.29) is 6.10 Å². The number of aromatic nitrogens is 1. The Bertz CT molecular complexity index is 481. The van der Waals surface area contributed by atoms with Crippen molar-refractivity contribution in [3.05, 3.63) is 29.6 Å². The molecule has 0 aromatic carbocycles. The number of pyridine rings is 1. The lowest BCUT2D eigenvalue weighted by molar-refractivity contribution is -0.132. The third kappa shape index (κ3) is 2.38. The standard InChI is InChI=1S/C12H14N2O3/c1-7(2)17-11-9-5-8(12(15)16)6-14-10(9)3-4-13-11/h3-4,6-7,14H,5H2,1-2H3,(H,15,16). The Morgan fingerprint density at radius 1 is 1.59 bits per heavy atom. The van der Waals surface area contributed by atoms with Gasteiger partial charge in [-0.2, -0.15) is 0 Å². The van der Waals surface area contributed by atoms with Crippen LogP contribution in [0.5, 0.6) is 5.88 Å². The lowest BCUT2D eigenvalue weighted by Crippen LogP contribution is -2.16. The van der Waals surface area contributed by atoms with Crippen molar-refractivity contribution in [2.75, 3.05) is 5.32 Å². The number of hydrogen-bond acceptors (Lipinski definition) is 4. The first-order valence-electron chi connectivity index (χ1n) is 5.41. The zero-order valence-electron chi connectivity index (χ0n) is 9.73. The van der Waals surface area contributed by atoms with Crippen LogP contribution in [0, 0.1) is 0 Å². The Labute approximate surface area is 99.1 Å². The molecular weight excluding hydrogens is 220 g/mol. The van der Waals surface area contributed by atoms with E-state index in [2.05, 4.69) is 10.3 Å². The predicted octanol–water partition coefficient (Wildman–Crippen LogP) is 1.81. The Morgan fingerprint density at radius 3 is 3.00 bits per heavy atom. The van der Waals surface area contributed by atoms with E-state index in [0.717, 1.165) is 11.3 Å². The van der Waals surface area contributed by atoms with Crippen LogP contribution in [0.4, 0.5) is 5.69 Å². The van der Waals surface area contributed by atoms with E-state index < -0.39 is 5.97 Å². The number of aliphatic carboxylic acids is 1. The van der Waals surface area contributed by atoms with E-state index in [4.69, 9.17) is 9.84 Å². The maximum Gasteiger partial charge on any atom is 0.333 e. The van der Waals surface area contributed by atoms with Gasteiger partial charge in [-0.3, -0.25) is 0 Å². The molecule has 2 N–H and O–H groups in total. The van der Waals surface area contributed by atoms with Gasteiger partial charge in [0.25, 0.3) is 0 Å². The molecule has 1 aromatic heterocycles. The highest BCUT2D eigenvalue weighted by Crippen LogP contribution is 2.30. The SMILES string of the molecule is CC(C)Oc1nccc2c1CC(C(=O)O)=CN2. The normalized spacial score (nSPS) is 13.7. The maximum atomic E-state index is 10.9. The molecule has 2 rings (SSSR count). The Morgan fingerprint density at radius 2 is 2.35 bits per heavy atom. The van der Waals surface area contributed by atoms with Crippen molar-refractivity contribution in [1.82, 2.24) is 4.98 Å². The summed E-state index contributed by atoms with van der Waals surface area (Å²) in [5.41, 5.74) is 1.95. The summed E-state index contributed by atoms with van der Waals surface area (Å²) >= 11 is 0. The van der Waals surface area contributed by atoms with E-state index in [0.29, 0.717) is 17.9 Å². The molecule has 0 saturated heterocycles. The Hall–Kier alpha value is -2.04. The predicted molar refractivity (Wildman–Crippen MR) is 63.0 cm³/mol. The van der Waals surface area contributed by atoms with Crippen molar-refractivity contribution in [1.29, 1.82) is 0 Å². The molecule has 0 fully saturated rings. The first kappa shape index (κ1) is 11.4. The molecule has 0 bridgehead atoms. The van der Waals surface area contributed by atoms with Crippen molar-refractivity contribution >= 4 is 11.7 Å². The number of ether oxygens (including phenoxy) is 1. The van der Waals surface area contributed by atoms with E-state index in [1.165, 1.54) is 6.20 Å². The van der Waals surface area contributed by atoms with Gasteiger partial charge >= 0.3 is 5.97 Å². The van der Waals surface area contributed by atoms with Crippen LogP contribution >= 0.6 is 0 Å². The minimum atomic E-state index is -0.928. The van der Waals surface area contributed by atoms with Crippen LogP contribution in [-0.2, 0) is 11.2 Å². The molecule has 0 amide bonds. The van der Waals surface area contributed by atoms with E-state index in [9.17, 15) is 4.79 Å². The van der Waals surface area contributed by atoms with Crippen LogP contribution in [0.1, 0.15) is 19.4 Å². The number of hydrogen-bond donors (Lipinski definition) is 2. The molecule has 2 heterocycles. The van der Waals surface area contributed by atoms with Crippen LogP contribution < -0.4 is 10.1 Å². The number of rotatable bonds is 3. The van der Waals surface area contributed by atoms with Crippen molar-refractivity contribution in [2.24, 2.45) is 0 Å². The number of carbonyl (C=O) groups is 1. The molecule has 90 valence electrons. The molecule has 1 aliphatic heterocycles. The summed E-state index contributed by atoms with van der Waals surface area (Å²) in [5, 5.41) is 11.9. The third-order valence-corrected chi connectivity index (χ3v) is 2.41. The van der Waals surface area contributed by atoms with Crippen LogP contribution in [-0.4, -0.2) is 22.2 Å². The zero-order valence-corrected chi connectivity index (χ0v) is 9.73. The number of carboxylic acids is 1. The molecule has 0 aliphatic carbocycles. The fourth-order valence-corrected chi connectivity index (χ4v) is 1.65. The fraction of sp³-hybridized carbons (Fsp3) is 0.333. The van der Waals surface area contributed by atoms with Gasteiger partial charge in [-0.1, -0.05) is 0 Å². The van der Waals surface area contributed by atoms with Gasteiger partial charge < -0.3 is 15.2 Å². The maximum absolute atomic E-state index is 10.9. The summed E-state index contributed by atoms with van der Waals surface area (Å²) in [6.07, 6.45) is 3.48. The summed E-state index contributed by atoms with van der Waals surface area (Å²) in [6.45, 7) is 3.82. The van der Waals surface area contributed by atoms with Gasteiger partial charge in [0.2, 0.25) is 5.88 Å². The average Bonchev–Trinajstić information content (AvgIpc) is 2.28. The quantitative estimate of drug-likeness (QED) is 0.834. The second-order valence-electron chi connectivity index (χ2n) is 4.10. The number of nitrogens with zero attached hydrogens (tertiary/aromatic N) is 1. The molecule has 0 saturated carbocycles.